The maximum atomic E-state index is 11.8. The van der Waals surface area contributed by atoms with Crippen molar-refractivity contribution in [3.63, 3.8) is 0 Å². The fourth-order valence-electron chi connectivity index (χ4n) is 2.79. The maximum Gasteiger partial charge on any atom is 0.412 e. The molecule has 4 aromatic rings. The van der Waals surface area contributed by atoms with Crippen LogP contribution in [0.3, 0.4) is 0 Å². The van der Waals surface area contributed by atoms with Crippen molar-refractivity contribution >= 4 is 56.6 Å². The topological polar surface area (TPSA) is 138 Å². The minimum absolute atomic E-state index is 0.242. The highest BCUT2D eigenvalue weighted by Crippen LogP contribution is 2.35. The predicted octanol–water partition coefficient (Wildman–Crippen LogP) is 4.32. The molecule has 4 rings (SSSR count). The summed E-state index contributed by atoms with van der Waals surface area (Å²) in [6, 6.07) is 5.30. The minimum atomic E-state index is -0.596. The number of pyridine rings is 1. The molecule has 0 spiro atoms. The molecule has 10 nitrogen and oxygen atoms in total. The largest absolute Gasteiger partial charge is 0.449 e. The van der Waals surface area contributed by atoms with Gasteiger partial charge in [-0.3, -0.25) is 10.4 Å². The maximum absolute atomic E-state index is 11.8. The van der Waals surface area contributed by atoms with Crippen LogP contribution < -0.4 is 10.6 Å². The quantitative estimate of drug-likeness (QED) is 0.320. The number of carbonyl (C=O) groups is 1. The first-order chi connectivity index (χ1) is 15.1. The van der Waals surface area contributed by atoms with E-state index >= 15 is 0 Å². The van der Waals surface area contributed by atoms with Crippen molar-refractivity contribution in [2.45, 2.75) is 20.0 Å². The summed E-state index contributed by atoms with van der Waals surface area (Å²) in [6.07, 6.45) is 3.25. The lowest BCUT2D eigenvalue weighted by atomic mass is 10.1. The molecule has 3 heterocycles. The number of aliphatic hydroxyl groups excluding tert-OH is 1. The van der Waals surface area contributed by atoms with E-state index in [0.717, 1.165) is 10.9 Å². The van der Waals surface area contributed by atoms with E-state index in [1.54, 1.807) is 12.3 Å². The van der Waals surface area contributed by atoms with Gasteiger partial charge in [0.2, 0.25) is 5.13 Å². The number of H-pyrrole nitrogens is 1. The first-order valence-electron chi connectivity index (χ1n) is 9.35. The SMILES string of the molecule is CCCOC(=O)Nc1cc(-c2nnc(Nc3ccc4[nH]ncc4c3Cl)s2)c(CO)cn1. The smallest absolute Gasteiger partial charge is 0.412 e. The van der Waals surface area contributed by atoms with Crippen molar-refractivity contribution in [3.05, 3.63) is 41.2 Å². The number of halogens is 1. The number of ether oxygens (including phenoxy) is 1. The zero-order chi connectivity index (χ0) is 21.8. The number of aromatic nitrogens is 5. The number of hydrogen-bond acceptors (Lipinski definition) is 9. The molecule has 0 saturated carbocycles. The predicted molar refractivity (Wildman–Crippen MR) is 119 cm³/mol. The molecule has 0 aliphatic carbocycles. The van der Waals surface area contributed by atoms with E-state index in [2.05, 4.69) is 36.0 Å². The van der Waals surface area contributed by atoms with Gasteiger partial charge in [-0.2, -0.15) is 5.10 Å². The Balaban J connectivity index is 1.57. The van der Waals surface area contributed by atoms with Gasteiger partial charge in [-0.1, -0.05) is 29.9 Å². The van der Waals surface area contributed by atoms with Crippen molar-refractivity contribution in [1.82, 2.24) is 25.4 Å². The molecular formula is C19H18ClN7O3S. The normalized spacial score (nSPS) is 10.9. The Labute approximate surface area is 185 Å². The highest BCUT2D eigenvalue weighted by atomic mass is 35.5. The molecule has 0 atom stereocenters. The van der Waals surface area contributed by atoms with Gasteiger partial charge in [0, 0.05) is 22.7 Å². The van der Waals surface area contributed by atoms with Crippen molar-refractivity contribution < 1.29 is 14.6 Å². The molecule has 0 unspecified atom stereocenters. The summed E-state index contributed by atoms with van der Waals surface area (Å²) in [6.45, 7) is 1.97. The van der Waals surface area contributed by atoms with E-state index < -0.39 is 6.09 Å². The number of aliphatic hydroxyl groups is 1. The Morgan fingerprint density at radius 1 is 1.32 bits per heavy atom. The molecule has 12 heteroatoms. The first-order valence-corrected chi connectivity index (χ1v) is 10.5. The molecule has 31 heavy (non-hydrogen) atoms. The Morgan fingerprint density at radius 2 is 2.19 bits per heavy atom. The number of rotatable bonds is 7. The monoisotopic (exact) mass is 459 g/mol. The summed E-state index contributed by atoms with van der Waals surface area (Å²) >= 11 is 7.72. The van der Waals surface area contributed by atoms with E-state index in [4.69, 9.17) is 16.3 Å². The first kappa shape index (κ1) is 21.0. The number of carbonyl (C=O) groups excluding carboxylic acids is 1. The number of hydrogen-bond donors (Lipinski definition) is 4. The van der Waals surface area contributed by atoms with Crippen LogP contribution in [0, 0.1) is 0 Å². The van der Waals surface area contributed by atoms with Crippen LogP contribution in [0.15, 0.2) is 30.6 Å². The van der Waals surface area contributed by atoms with E-state index in [-0.39, 0.29) is 12.4 Å². The van der Waals surface area contributed by atoms with Crippen LogP contribution in [0.4, 0.5) is 21.4 Å². The molecule has 160 valence electrons. The van der Waals surface area contributed by atoms with Crippen LogP contribution in [0.2, 0.25) is 5.02 Å². The molecule has 1 aromatic carbocycles. The number of amides is 1. The number of nitrogens with zero attached hydrogens (tertiary/aromatic N) is 4. The Morgan fingerprint density at radius 3 is 3.00 bits per heavy atom. The molecule has 0 aliphatic rings. The van der Waals surface area contributed by atoms with Gasteiger partial charge >= 0.3 is 6.09 Å². The van der Waals surface area contributed by atoms with Gasteiger partial charge in [0.15, 0.2) is 0 Å². The van der Waals surface area contributed by atoms with Crippen LogP contribution >= 0.6 is 22.9 Å². The van der Waals surface area contributed by atoms with E-state index in [9.17, 15) is 9.90 Å². The average Bonchev–Trinajstić information content (AvgIpc) is 3.44. The average molecular weight is 460 g/mol. The van der Waals surface area contributed by atoms with Gasteiger partial charge in [0.1, 0.15) is 10.8 Å². The highest BCUT2D eigenvalue weighted by Gasteiger charge is 2.15. The molecule has 0 bridgehead atoms. The fourth-order valence-corrected chi connectivity index (χ4v) is 3.86. The van der Waals surface area contributed by atoms with Gasteiger partial charge in [0.25, 0.3) is 0 Å². The van der Waals surface area contributed by atoms with Crippen molar-refractivity contribution in [1.29, 1.82) is 0 Å². The molecular weight excluding hydrogens is 442 g/mol. The summed E-state index contributed by atoms with van der Waals surface area (Å²) in [5.74, 6) is 0.284. The van der Waals surface area contributed by atoms with Gasteiger partial charge in [-0.05, 0) is 24.6 Å². The van der Waals surface area contributed by atoms with Crippen molar-refractivity contribution in [3.8, 4) is 10.6 Å². The summed E-state index contributed by atoms with van der Waals surface area (Å²) in [7, 11) is 0. The Kier molecular flexibility index (Phi) is 6.26. The fraction of sp³-hybridized carbons (Fsp3) is 0.211. The molecule has 0 fully saturated rings. The van der Waals surface area contributed by atoms with Crippen molar-refractivity contribution in [2.24, 2.45) is 0 Å². The Bertz CT molecular complexity index is 1230. The van der Waals surface area contributed by atoms with Gasteiger partial charge in [-0.15, -0.1) is 10.2 Å². The summed E-state index contributed by atoms with van der Waals surface area (Å²) in [4.78, 5) is 15.9. The third-order valence-electron chi connectivity index (χ3n) is 4.28. The van der Waals surface area contributed by atoms with Gasteiger partial charge in [-0.25, -0.2) is 9.78 Å². The number of aromatic amines is 1. The zero-order valence-corrected chi connectivity index (χ0v) is 17.9. The van der Waals surface area contributed by atoms with Crippen LogP contribution in [-0.4, -0.2) is 43.2 Å². The summed E-state index contributed by atoms with van der Waals surface area (Å²) in [5.41, 5.74) is 2.64. The second-order valence-electron chi connectivity index (χ2n) is 6.44. The second kappa shape index (κ2) is 9.25. The van der Waals surface area contributed by atoms with E-state index in [1.165, 1.54) is 17.5 Å². The lowest BCUT2D eigenvalue weighted by Crippen LogP contribution is -2.15. The standard InChI is InChI=1S/C19H18ClN7O3S/c1-2-5-30-19(29)24-15-6-11(10(9-28)7-21-15)17-26-27-18(31-17)23-14-4-3-13-12(16(14)20)8-22-25-13/h3-4,6-8,28H,2,5,9H2,1H3,(H,22,25)(H,23,27)(H,21,24,29). The third-order valence-corrected chi connectivity index (χ3v) is 5.56. The summed E-state index contributed by atoms with van der Waals surface area (Å²) < 4.78 is 5.01. The number of benzene rings is 1. The van der Waals surface area contributed by atoms with Gasteiger partial charge in [0.05, 0.1) is 35.6 Å². The lowest BCUT2D eigenvalue weighted by molar-refractivity contribution is 0.161. The lowest BCUT2D eigenvalue weighted by Gasteiger charge is -2.09. The molecule has 4 N–H and O–H groups in total. The minimum Gasteiger partial charge on any atom is -0.449 e. The zero-order valence-electron chi connectivity index (χ0n) is 16.3. The van der Waals surface area contributed by atoms with Crippen LogP contribution in [-0.2, 0) is 11.3 Å². The number of nitrogens with one attached hydrogen (secondary N) is 3. The van der Waals surface area contributed by atoms with Crippen LogP contribution in [0.25, 0.3) is 21.5 Å². The Hall–Kier alpha value is -3.28. The highest BCUT2D eigenvalue weighted by molar-refractivity contribution is 7.18. The number of anilines is 3. The third kappa shape index (κ3) is 4.58. The molecule has 3 aromatic heterocycles. The molecule has 0 saturated heterocycles. The second-order valence-corrected chi connectivity index (χ2v) is 7.80. The van der Waals surface area contributed by atoms with Crippen molar-refractivity contribution in [2.75, 3.05) is 17.2 Å². The molecule has 1 amide bonds. The van der Waals surface area contributed by atoms with Crippen LogP contribution in [0.5, 0.6) is 0 Å². The molecule has 0 aliphatic heterocycles. The van der Waals surface area contributed by atoms with Gasteiger partial charge < -0.3 is 15.2 Å². The molecule has 0 radical (unpaired) electrons. The van der Waals surface area contributed by atoms with E-state index in [0.29, 0.717) is 45.0 Å². The van der Waals surface area contributed by atoms with Crippen LogP contribution in [0.1, 0.15) is 18.9 Å². The number of fused-ring (bicyclic) bond motifs is 1. The summed E-state index contributed by atoms with van der Waals surface area (Å²) in [5, 5.41) is 33.0. The van der Waals surface area contributed by atoms with E-state index in [1.807, 2.05) is 19.1 Å².